The van der Waals surface area contributed by atoms with Gasteiger partial charge >= 0.3 is 5.97 Å². The Morgan fingerprint density at radius 1 is 1.47 bits per heavy atom. The van der Waals surface area contributed by atoms with Gasteiger partial charge in [-0.2, -0.15) is 0 Å². The van der Waals surface area contributed by atoms with E-state index in [-0.39, 0.29) is 0 Å². The highest BCUT2D eigenvalue weighted by Gasteiger charge is 2.23. The summed E-state index contributed by atoms with van der Waals surface area (Å²) in [5.74, 6) is -0.182. The maximum absolute atomic E-state index is 11.2. The van der Waals surface area contributed by atoms with E-state index in [4.69, 9.17) is 16.7 Å². The summed E-state index contributed by atoms with van der Waals surface area (Å²) in [5, 5.41) is 10.6. The molecule has 1 N–H and O–H groups in total. The van der Waals surface area contributed by atoms with Crippen molar-refractivity contribution in [2.75, 3.05) is 0 Å². The number of aromatic carboxylic acids is 1. The number of hydrogen-bond acceptors (Lipinski definition) is 1. The van der Waals surface area contributed by atoms with Crippen LogP contribution < -0.4 is 0 Å². The third-order valence-corrected chi connectivity index (χ3v) is 3.46. The van der Waals surface area contributed by atoms with E-state index in [0.29, 0.717) is 16.5 Å². The second kappa shape index (κ2) is 3.77. The summed E-state index contributed by atoms with van der Waals surface area (Å²) < 4.78 is 2.02. The van der Waals surface area contributed by atoms with Gasteiger partial charge in [0.15, 0.2) is 0 Å². The zero-order valence-corrected chi connectivity index (χ0v) is 9.94. The Hall–Kier alpha value is -1.48. The third-order valence-electron chi connectivity index (χ3n) is 3.23. The van der Waals surface area contributed by atoms with Gasteiger partial charge in [-0.15, -0.1) is 0 Å². The molecule has 0 spiro atoms. The van der Waals surface area contributed by atoms with Crippen LogP contribution in [0.25, 0.3) is 10.9 Å². The average molecular weight is 250 g/mol. The number of hydrogen-bond donors (Lipinski definition) is 1. The molecule has 1 aliphatic rings. The lowest BCUT2D eigenvalue weighted by Gasteiger charge is -2.03. The summed E-state index contributed by atoms with van der Waals surface area (Å²) in [5.41, 5.74) is 1.28. The molecule has 0 aliphatic heterocycles. The number of halogens is 1. The van der Waals surface area contributed by atoms with Gasteiger partial charge in [0.25, 0.3) is 0 Å². The first-order valence-corrected chi connectivity index (χ1v) is 6.04. The lowest BCUT2D eigenvalue weighted by Crippen LogP contribution is -1.98. The van der Waals surface area contributed by atoms with E-state index in [2.05, 4.69) is 0 Å². The molecule has 1 fully saturated rings. The number of carboxylic acid groups (broad SMARTS) is 1. The normalized spacial score (nSPS) is 15.4. The largest absolute Gasteiger partial charge is 0.478 e. The predicted molar refractivity (Wildman–Crippen MR) is 66.6 cm³/mol. The second-order valence-electron chi connectivity index (χ2n) is 4.61. The van der Waals surface area contributed by atoms with E-state index in [1.807, 2.05) is 10.6 Å². The van der Waals surface area contributed by atoms with Crippen LogP contribution in [0.5, 0.6) is 0 Å². The molecule has 1 saturated carbocycles. The molecule has 1 heterocycles. The molecule has 1 aliphatic carbocycles. The summed E-state index contributed by atoms with van der Waals surface area (Å²) in [6.45, 7) is 0.893. The van der Waals surface area contributed by atoms with Crippen molar-refractivity contribution in [1.29, 1.82) is 0 Å². The van der Waals surface area contributed by atoms with Crippen molar-refractivity contribution in [3.05, 3.63) is 35.0 Å². The molecule has 0 radical (unpaired) electrons. The van der Waals surface area contributed by atoms with Crippen LogP contribution in [0.1, 0.15) is 23.2 Å². The SMILES string of the molecule is O=C(O)c1cn(CC2CC2)c2cc(Cl)ccc12. The van der Waals surface area contributed by atoms with Crippen molar-refractivity contribution in [2.24, 2.45) is 5.92 Å². The Balaban J connectivity index is 2.18. The van der Waals surface area contributed by atoms with Gasteiger partial charge in [0.1, 0.15) is 0 Å². The van der Waals surface area contributed by atoms with Crippen molar-refractivity contribution in [2.45, 2.75) is 19.4 Å². The highest BCUT2D eigenvalue weighted by atomic mass is 35.5. The van der Waals surface area contributed by atoms with Gasteiger partial charge in [-0.1, -0.05) is 17.7 Å². The number of fused-ring (bicyclic) bond motifs is 1. The molecule has 88 valence electrons. The van der Waals surface area contributed by atoms with E-state index in [1.54, 1.807) is 18.3 Å². The maximum atomic E-state index is 11.2. The lowest BCUT2D eigenvalue weighted by atomic mass is 10.2. The van der Waals surface area contributed by atoms with Gasteiger partial charge in [-0.3, -0.25) is 0 Å². The average Bonchev–Trinajstić information content (AvgIpc) is 3.01. The quantitative estimate of drug-likeness (QED) is 0.906. The summed E-state index contributed by atoms with van der Waals surface area (Å²) in [7, 11) is 0. The fraction of sp³-hybridized carbons (Fsp3) is 0.308. The van der Waals surface area contributed by atoms with Gasteiger partial charge in [0, 0.05) is 23.2 Å². The molecule has 3 rings (SSSR count). The Bertz CT molecular complexity index is 599. The topological polar surface area (TPSA) is 42.2 Å². The molecule has 1 aromatic heterocycles. The van der Waals surface area contributed by atoms with Crippen molar-refractivity contribution in [3.63, 3.8) is 0 Å². The minimum absolute atomic E-state index is 0.359. The van der Waals surface area contributed by atoms with E-state index in [9.17, 15) is 4.79 Å². The van der Waals surface area contributed by atoms with Crippen molar-refractivity contribution < 1.29 is 9.90 Å². The van der Waals surface area contributed by atoms with E-state index in [1.165, 1.54) is 12.8 Å². The molecule has 1 aromatic carbocycles. The minimum Gasteiger partial charge on any atom is -0.478 e. The Morgan fingerprint density at radius 2 is 2.24 bits per heavy atom. The zero-order chi connectivity index (χ0) is 12.0. The number of carboxylic acids is 1. The number of rotatable bonds is 3. The van der Waals surface area contributed by atoms with Crippen LogP contribution >= 0.6 is 11.6 Å². The fourth-order valence-corrected chi connectivity index (χ4v) is 2.33. The molecule has 3 nitrogen and oxygen atoms in total. The number of nitrogens with zero attached hydrogens (tertiary/aromatic N) is 1. The van der Waals surface area contributed by atoms with Crippen LogP contribution in [0.3, 0.4) is 0 Å². The summed E-state index contributed by atoms with van der Waals surface area (Å²) in [6, 6.07) is 5.36. The van der Waals surface area contributed by atoms with E-state index in [0.717, 1.165) is 17.4 Å². The van der Waals surface area contributed by atoms with E-state index >= 15 is 0 Å². The molecule has 17 heavy (non-hydrogen) atoms. The molecular formula is C13H12ClNO2. The molecule has 0 amide bonds. The van der Waals surface area contributed by atoms with Crippen LogP contribution in [0, 0.1) is 5.92 Å². The molecule has 4 heteroatoms. The molecule has 0 saturated heterocycles. The van der Waals surface area contributed by atoms with E-state index < -0.39 is 5.97 Å². The van der Waals surface area contributed by atoms with Gasteiger partial charge < -0.3 is 9.67 Å². The lowest BCUT2D eigenvalue weighted by molar-refractivity contribution is 0.0698. The first-order valence-electron chi connectivity index (χ1n) is 5.67. The smallest absolute Gasteiger partial charge is 0.337 e. The Kier molecular flexibility index (Phi) is 2.37. The highest BCUT2D eigenvalue weighted by Crippen LogP contribution is 2.33. The third kappa shape index (κ3) is 1.91. The number of benzene rings is 1. The molecular weight excluding hydrogens is 238 g/mol. The molecule has 0 bridgehead atoms. The van der Waals surface area contributed by atoms with Crippen LogP contribution in [-0.4, -0.2) is 15.6 Å². The van der Waals surface area contributed by atoms with Crippen molar-refractivity contribution in [1.82, 2.24) is 4.57 Å². The summed E-state index contributed by atoms with van der Waals surface area (Å²) >= 11 is 5.97. The van der Waals surface area contributed by atoms with Gasteiger partial charge in [0.2, 0.25) is 0 Å². The first kappa shape index (κ1) is 10.7. The summed E-state index contributed by atoms with van der Waals surface area (Å²) in [6.07, 6.45) is 4.20. The van der Waals surface area contributed by atoms with Gasteiger partial charge in [-0.25, -0.2) is 4.79 Å². The monoisotopic (exact) mass is 249 g/mol. The first-order chi connectivity index (χ1) is 8.15. The highest BCUT2D eigenvalue weighted by molar-refractivity contribution is 6.31. The van der Waals surface area contributed by atoms with Crippen LogP contribution in [0.15, 0.2) is 24.4 Å². The second-order valence-corrected chi connectivity index (χ2v) is 5.04. The van der Waals surface area contributed by atoms with Gasteiger partial charge in [-0.05, 0) is 30.9 Å². The van der Waals surface area contributed by atoms with Crippen molar-refractivity contribution in [3.8, 4) is 0 Å². The minimum atomic E-state index is -0.883. The maximum Gasteiger partial charge on any atom is 0.337 e. The fourth-order valence-electron chi connectivity index (χ4n) is 2.17. The van der Waals surface area contributed by atoms with Crippen LogP contribution in [0.4, 0.5) is 0 Å². The van der Waals surface area contributed by atoms with Gasteiger partial charge in [0.05, 0.1) is 11.1 Å². The Morgan fingerprint density at radius 3 is 2.88 bits per heavy atom. The molecule has 0 atom stereocenters. The standard InChI is InChI=1S/C13H12ClNO2/c14-9-3-4-10-11(13(16)17)7-15(12(10)5-9)6-8-1-2-8/h3-5,7-8H,1-2,6H2,(H,16,17). The van der Waals surface area contributed by atoms with Crippen LogP contribution in [-0.2, 0) is 6.54 Å². The molecule has 0 unspecified atom stereocenters. The number of carbonyl (C=O) groups is 1. The molecule has 2 aromatic rings. The number of aromatic nitrogens is 1. The Labute approximate surface area is 104 Å². The van der Waals surface area contributed by atoms with Crippen LogP contribution in [0.2, 0.25) is 5.02 Å². The predicted octanol–water partition coefficient (Wildman–Crippen LogP) is 3.40. The summed E-state index contributed by atoms with van der Waals surface area (Å²) in [4.78, 5) is 11.2. The van der Waals surface area contributed by atoms with Crippen molar-refractivity contribution >= 4 is 28.5 Å². The zero-order valence-electron chi connectivity index (χ0n) is 9.19.